The Bertz CT molecular complexity index is 914. The average molecular weight is 434 g/mol. The topological polar surface area (TPSA) is 194 Å². The van der Waals surface area contributed by atoms with Crippen molar-refractivity contribution in [1.82, 2.24) is 30.6 Å². The van der Waals surface area contributed by atoms with E-state index in [-0.39, 0.29) is 19.5 Å². The lowest BCUT2D eigenvalue weighted by Crippen LogP contribution is -2.64. The van der Waals surface area contributed by atoms with Gasteiger partial charge in [-0.05, 0) is 21.9 Å². The summed E-state index contributed by atoms with van der Waals surface area (Å²) in [6.07, 6.45) is 1.37. The van der Waals surface area contributed by atoms with Crippen molar-refractivity contribution in [2.24, 2.45) is 0 Å². The lowest BCUT2D eigenvalue weighted by atomic mass is 10.1. The Labute approximate surface area is 161 Å². The van der Waals surface area contributed by atoms with Crippen LogP contribution in [0.1, 0.15) is 4.88 Å². The molecule has 2 aromatic rings. The molecule has 1 atom stereocenters. The molecule has 3 rings (SSSR count). The zero-order valence-electron chi connectivity index (χ0n) is 13.9. The number of amides is 2. The molecule has 3 N–H and O–H groups in total. The first kappa shape index (κ1) is 21.4. The molecule has 1 unspecified atom stereocenters. The summed E-state index contributed by atoms with van der Waals surface area (Å²) in [7, 11) is -4.75. The number of hydrogen-bond donors (Lipinski definition) is 3. The van der Waals surface area contributed by atoms with Crippen molar-refractivity contribution in [2.45, 2.75) is 19.0 Å². The molecule has 0 saturated carbocycles. The van der Waals surface area contributed by atoms with E-state index in [4.69, 9.17) is 9.66 Å². The van der Waals surface area contributed by atoms with Gasteiger partial charge in [0.25, 0.3) is 5.91 Å². The predicted molar refractivity (Wildman–Crippen MR) is 89.8 cm³/mol. The number of carboxylic acids is 1. The van der Waals surface area contributed by atoms with Gasteiger partial charge in [-0.25, -0.2) is 4.68 Å². The summed E-state index contributed by atoms with van der Waals surface area (Å²) in [5, 5.41) is 23.0. The van der Waals surface area contributed by atoms with Crippen molar-refractivity contribution < 1.29 is 36.7 Å². The number of aromatic nitrogens is 4. The van der Waals surface area contributed by atoms with Crippen LogP contribution in [0.2, 0.25) is 0 Å². The molecule has 28 heavy (non-hydrogen) atoms. The van der Waals surface area contributed by atoms with Gasteiger partial charge in [0.05, 0.1) is 13.0 Å². The van der Waals surface area contributed by atoms with Gasteiger partial charge in [-0.2, -0.15) is 13.5 Å². The molecular weight excluding hydrogens is 420 g/mol. The summed E-state index contributed by atoms with van der Waals surface area (Å²) in [6, 6.07) is 2.76. The number of nitrogens with one attached hydrogen (secondary N) is 1. The predicted octanol–water partition coefficient (Wildman–Crippen LogP) is -1.89. The first-order valence-electron chi connectivity index (χ1n) is 7.37. The van der Waals surface area contributed by atoms with Crippen LogP contribution < -0.4 is 5.32 Å². The van der Waals surface area contributed by atoms with Crippen LogP contribution in [-0.4, -0.2) is 73.7 Å². The molecule has 0 bridgehead atoms. The smallest absolute Gasteiger partial charge is 0.418 e. The zero-order chi connectivity index (χ0) is 20.7. The standard InChI is InChI=1S/C6H8N6O6S.C6H6O2S/c13-5(2-11-3-7-9-10-11)8-4-1-12(6(4)14)18-19(15,16)17;7-6(8)4-5-2-1-3-9-5/h3-4H,1-2H2,(H,8,13)(H,15,16,17);1-3H,4H2,(H,7,8). The first-order chi connectivity index (χ1) is 13.1. The van der Waals surface area contributed by atoms with Crippen LogP contribution in [0, 0.1) is 0 Å². The number of hydroxylamine groups is 2. The minimum atomic E-state index is -4.75. The second kappa shape index (κ2) is 9.31. The highest BCUT2D eigenvalue weighted by Crippen LogP contribution is 2.12. The summed E-state index contributed by atoms with van der Waals surface area (Å²) in [5.41, 5.74) is 0. The van der Waals surface area contributed by atoms with E-state index >= 15 is 0 Å². The molecule has 14 nitrogen and oxygen atoms in total. The van der Waals surface area contributed by atoms with Gasteiger partial charge >= 0.3 is 16.4 Å². The SMILES string of the molecule is O=C(Cn1cnnn1)NC1CN(OS(=O)(=O)O)C1=O.O=C(O)Cc1cccs1. The molecule has 16 heteroatoms. The third kappa shape index (κ3) is 6.99. The number of thiophene rings is 1. The highest BCUT2D eigenvalue weighted by Gasteiger charge is 2.41. The minimum Gasteiger partial charge on any atom is -0.481 e. The molecular formula is C12H14N6O8S2. The fourth-order valence-electron chi connectivity index (χ4n) is 1.89. The summed E-state index contributed by atoms with van der Waals surface area (Å²) < 4.78 is 34.1. The second-order valence-corrected chi connectivity index (χ2v) is 7.22. The molecule has 1 aliphatic rings. The van der Waals surface area contributed by atoms with E-state index in [1.165, 1.54) is 17.7 Å². The van der Waals surface area contributed by atoms with Crippen molar-refractivity contribution in [3.63, 3.8) is 0 Å². The second-order valence-electron chi connectivity index (χ2n) is 5.18. The van der Waals surface area contributed by atoms with Gasteiger partial charge < -0.3 is 10.4 Å². The quantitative estimate of drug-likeness (QED) is 0.326. The summed E-state index contributed by atoms with van der Waals surface area (Å²) in [4.78, 5) is 33.8. The fraction of sp³-hybridized carbons (Fsp3) is 0.333. The molecule has 0 aromatic carbocycles. The Morgan fingerprint density at radius 2 is 2.18 bits per heavy atom. The van der Waals surface area contributed by atoms with Crippen LogP contribution in [0.4, 0.5) is 0 Å². The highest BCUT2D eigenvalue weighted by atomic mass is 32.3. The van der Waals surface area contributed by atoms with Crippen LogP contribution >= 0.6 is 11.3 Å². The Hall–Kier alpha value is -2.95. The molecule has 1 fully saturated rings. The van der Waals surface area contributed by atoms with Crippen LogP contribution in [0.3, 0.4) is 0 Å². The summed E-state index contributed by atoms with van der Waals surface area (Å²) in [6.45, 7) is -0.379. The number of nitrogens with zero attached hydrogens (tertiary/aromatic N) is 5. The minimum absolute atomic E-state index is 0.150. The number of tetrazole rings is 1. The number of rotatable bonds is 7. The normalized spacial score (nSPS) is 16.0. The van der Waals surface area contributed by atoms with E-state index in [1.807, 2.05) is 17.5 Å². The van der Waals surface area contributed by atoms with Gasteiger partial charge in [-0.15, -0.1) is 20.7 Å². The maximum Gasteiger partial charge on any atom is 0.418 e. The largest absolute Gasteiger partial charge is 0.481 e. The van der Waals surface area contributed by atoms with E-state index in [9.17, 15) is 22.8 Å². The number of aliphatic carboxylic acids is 1. The van der Waals surface area contributed by atoms with Crippen molar-refractivity contribution >= 4 is 39.5 Å². The van der Waals surface area contributed by atoms with Crippen molar-refractivity contribution in [2.75, 3.05) is 6.54 Å². The van der Waals surface area contributed by atoms with E-state index in [0.717, 1.165) is 9.56 Å². The fourth-order valence-corrected chi connectivity index (χ4v) is 2.94. The number of hydrogen-bond acceptors (Lipinski definition) is 10. The monoisotopic (exact) mass is 434 g/mol. The lowest BCUT2D eigenvalue weighted by molar-refractivity contribution is -0.182. The van der Waals surface area contributed by atoms with E-state index < -0.39 is 34.2 Å². The van der Waals surface area contributed by atoms with Crippen molar-refractivity contribution in [1.29, 1.82) is 0 Å². The molecule has 2 amide bonds. The lowest BCUT2D eigenvalue weighted by Gasteiger charge is -2.35. The van der Waals surface area contributed by atoms with Crippen LogP contribution in [0.5, 0.6) is 0 Å². The van der Waals surface area contributed by atoms with E-state index in [0.29, 0.717) is 5.06 Å². The maximum atomic E-state index is 11.4. The molecule has 3 heterocycles. The van der Waals surface area contributed by atoms with Crippen molar-refractivity contribution in [3.05, 3.63) is 28.7 Å². The number of β-lactam (4-membered cyclic amide) rings is 1. The Kier molecular flexibility index (Phi) is 7.10. The first-order valence-corrected chi connectivity index (χ1v) is 9.61. The van der Waals surface area contributed by atoms with Crippen LogP contribution in [0.15, 0.2) is 23.8 Å². The van der Waals surface area contributed by atoms with E-state index in [1.54, 1.807) is 0 Å². The Morgan fingerprint density at radius 1 is 1.43 bits per heavy atom. The zero-order valence-corrected chi connectivity index (χ0v) is 15.5. The Morgan fingerprint density at radius 3 is 2.68 bits per heavy atom. The van der Waals surface area contributed by atoms with E-state index in [2.05, 4.69) is 25.1 Å². The Balaban J connectivity index is 0.000000261. The highest BCUT2D eigenvalue weighted by molar-refractivity contribution is 7.80. The molecule has 2 aromatic heterocycles. The summed E-state index contributed by atoms with van der Waals surface area (Å²) >= 11 is 1.47. The van der Waals surface area contributed by atoms with Gasteiger partial charge in [-0.1, -0.05) is 6.07 Å². The number of carbonyl (C=O) groups excluding carboxylic acids is 2. The summed E-state index contributed by atoms with van der Waals surface area (Å²) in [5.74, 6) is -2.09. The maximum absolute atomic E-state index is 11.4. The average Bonchev–Trinajstić information content (AvgIpc) is 3.26. The molecule has 0 radical (unpaired) electrons. The third-order valence-electron chi connectivity index (χ3n) is 3.01. The molecule has 0 aliphatic carbocycles. The van der Waals surface area contributed by atoms with Crippen LogP contribution in [0.25, 0.3) is 0 Å². The van der Waals surface area contributed by atoms with Gasteiger partial charge in [0.15, 0.2) is 0 Å². The number of carbonyl (C=O) groups is 3. The number of carboxylic acid groups (broad SMARTS) is 1. The molecule has 152 valence electrons. The molecule has 0 spiro atoms. The molecule has 1 saturated heterocycles. The van der Waals surface area contributed by atoms with Crippen LogP contribution in [-0.2, 0) is 42.0 Å². The van der Waals surface area contributed by atoms with Gasteiger partial charge in [0, 0.05) is 4.88 Å². The van der Waals surface area contributed by atoms with Gasteiger partial charge in [0.2, 0.25) is 5.91 Å². The third-order valence-corrected chi connectivity index (χ3v) is 4.26. The van der Waals surface area contributed by atoms with Crippen molar-refractivity contribution in [3.8, 4) is 0 Å². The molecule has 1 aliphatic heterocycles. The van der Waals surface area contributed by atoms with Gasteiger partial charge in [0.1, 0.15) is 18.9 Å². The van der Waals surface area contributed by atoms with Gasteiger partial charge in [-0.3, -0.25) is 18.9 Å².